The summed E-state index contributed by atoms with van der Waals surface area (Å²) in [5, 5.41) is 9.03. The van der Waals surface area contributed by atoms with Crippen molar-refractivity contribution in [1.29, 1.82) is 0 Å². The fourth-order valence-corrected chi connectivity index (χ4v) is 3.67. The van der Waals surface area contributed by atoms with Gasteiger partial charge in [0.05, 0.1) is 17.6 Å². The molecule has 154 valence electrons. The molecule has 30 heavy (non-hydrogen) atoms. The fourth-order valence-electron chi connectivity index (χ4n) is 3.67. The second kappa shape index (κ2) is 8.05. The van der Waals surface area contributed by atoms with Crippen molar-refractivity contribution in [1.82, 2.24) is 19.9 Å². The molecule has 1 saturated carbocycles. The van der Waals surface area contributed by atoms with Crippen LogP contribution >= 0.6 is 12.4 Å². The van der Waals surface area contributed by atoms with Crippen LogP contribution in [0.2, 0.25) is 0 Å². The minimum absolute atomic E-state index is 0. The minimum atomic E-state index is -0.453. The number of halogens is 1. The summed E-state index contributed by atoms with van der Waals surface area (Å²) in [5.41, 5.74) is 11.0. The zero-order chi connectivity index (χ0) is 19.8. The highest BCUT2D eigenvalue weighted by molar-refractivity contribution is 5.85. The molecule has 1 aliphatic carbocycles. The van der Waals surface area contributed by atoms with E-state index in [1.807, 2.05) is 29.1 Å². The Morgan fingerprint density at radius 3 is 2.47 bits per heavy atom. The Labute approximate surface area is 181 Å². The van der Waals surface area contributed by atoms with Crippen molar-refractivity contribution in [2.24, 2.45) is 5.73 Å². The van der Waals surface area contributed by atoms with Crippen LogP contribution in [0, 0.1) is 6.92 Å². The van der Waals surface area contributed by atoms with Gasteiger partial charge < -0.3 is 10.3 Å². The van der Waals surface area contributed by atoms with E-state index in [9.17, 15) is 0 Å². The molecule has 0 aliphatic heterocycles. The summed E-state index contributed by atoms with van der Waals surface area (Å²) in [5.74, 6) is 1.05. The van der Waals surface area contributed by atoms with Crippen molar-refractivity contribution in [2.75, 3.05) is 0 Å². The largest absolute Gasteiger partial charge is 0.334 e. The number of aryl methyl sites for hydroxylation is 1. The molecule has 0 bridgehead atoms. The Kier molecular flexibility index (Phi) is 5.45. The van der Waals surface area contributed by atoms with E-state index in [4.69, 9.17) is 15.4 Å². The van der Waals surface area contributed by atoms with Gasteiger partial charge in [0, 0.05) is 11.8 Å². The molecule has 1 fully saturated rings. The van der Waals surface area contributed by atoms with E-state index in [0.717, 1.165) is 36.1 Å². The molecule has 1 aliphatic rings. The van der Waals surface area contributed by atoms with Crippen molar-refractivity contribution in [3.05, 3.63) is 77.7 Å². The molecule has 5 rings (SSSR count). The van der Waals surface area contributed by atoms with Crippen LogP contribution < -0.4 is 5.73 Å². The third-order valence-electron chi connectivity index (χ3n) is 5.62. The first-order chi connectivity index (χ1) is 14.1. The smallest absolute Gasteiger partial charge is 0.261 e. The third kappa shape index (κ3) is 3.76. The van der Waals surface area contributed by atoms with Gasteiger partial charge >= 0.3 is 0 Å². The van der Waals surface area contributed by atoms with Gasteiger partial charge in [-0.15, -0.1) is 12.4 Å². The van der Waals surface area contributed by atoms with Gasteiger partial charge in [-0.1, -0.05) is 65.3 Å². The number of benzene rings is 2. The fraction of sp³-hybridized carbons (Fsp3) is 0.261. The standard InChI is InChI=1S/C23H23N5O.ClH/c1-16-8-10-18(11-9-16)20-19(15-28(26-20)14-17-6-3-2-4-7-17)21-25-22(27-29-21)23(24)12-5-13-23;/h2-4,6-11,15H,5,12-14,24H2,1H3;1H. The van der Waals surface area contributed by atoms with Gasteiger partial charge in [-0.25, -0.2) is 0 Å². The second-order valence-electron chi connectivity index (χ2n) is 7.87. The van der Waals surface area contributed by atoms with Crippen molar-refractivity contribution >= 4 is 12.4 Å². The molecule has 0 spiro atoms. The average molecular weight is 422 g/mol. The number of nitrogens with zero attached hydrogens (tertiary/aromatic N) is 4. The van der Waals surface area contributed by atoms with E-state index < -0.39 is 5.54 Å². The van der Waals surface area contributed by atoms with Crippen LogP contribution in [0.5, 0.6) is 0 Å². The van der Waals surface area contributed by atoms with Gasteiger partial charge in [0.25, 0.3) is 5.89 Å². The molecule has 0 radical (unpaired) electrons. The average Bonchev–Trinajstić information content (AvgIpc) is 3.35. The summed E-state index contributed by atoms with van der Waals surface area (Å²) in [6, 6.07) is 18.6. The molecular formula is C23H24ClN5O. The molecule has 0 amide bonds. The quantitative estimate of drug-likeness (QED) is 0.504. The molecule has 2 N–H and O–H groups in total. The third-order valence-corrected chi connectivity index (χ3v) is 5.62. The Balaban J connectivity index is 0.00000218. The van der Waals surface area contributed by atoms with E-state index >= 15 is 0 Å². The van der Waals surface area contributed by atoms with Crippen molar-refractivity contribution in [3.63, 3.8) is 0 Å². The number of rotatable bonds is 5. The van der Waals surface area contributed by atoms with Crippen LogP contribution in [-0.2, 0) is 12.1 Å². The number of hydrogen-bond donors (Lipinski definition) is 1. The van der Waals surface area contributed by atoms with E-state index in [-0.39, 0.29) is 12.4 Å². The lowest BCUT2D eigenvalue weighted by molar-refractivity contribution is 0.229. The number of aromatic nitrogens is 4. The van der Waals surface area contributed by atoms with Crippen molar-refractivity contribution in [2.45, 2.75) is 38.3 Å². The first kappa shape index (κ1) is 20.3. The summed E-state index contributed by atoms with van der Waals surface area (Å²) in [7, 11) is 0. The van der Waals surface area contributed by atoms with E-state index in [2.05, 4.69) is 53.5 Å². The monoisotopic (exact) mass is 421 g/mol. The summed E-state index contributed by atoms with van der Waals surface area (Å²) in [4.78, 5) is 4.64. The summed E-state index contributed by atoms with van der Waals surface area (Å²) < 4.78 is 7.55. The summed E-state index contributed by atoms with van der Waals surface area (Å²) in [6.07, 6.45) is 4.86. The predicted octanol–water partition coefficient (Wildman–Crippen LogP) is 4.72. The Morgan fingerprint density at radius 2 is 1.80 bits per heavy atom. The lowest BCUT2D eigenvalue weighted by Gasteiger charge is -2.34. The molecule has 6 nitrogen and oxygen atoms in total. The second-order valence-corrected chi connectivity index (χ2v) is 7.87. The molecule has 2 aromatic heterocycles. The maximum absolute atomic E-state index is 6.38. The summed E-state index contributed by atoms with van der Waals surface area (Å²) >= 11 is 0. The first-order valence-corrected chi connectivity index (χ1v) is 9.93. The van der Waals surface area contributed by atoms with Crippen LogP contribution in [-0.4, -0.2) is 19.9 Å². The highest BCUT2D eigenvalue weighted by atomic mass is 35.5. The molecule has 2 heterocycles. The molecule has 0 atom stereocenters. The van der Waals surface area contributed by atoms with Crippen LogP contribution in [0.3, 0.4) is 0 Å². The molecule has 0 unspecified atom stereocenters. The molecule has 7 heteroatoms. The topological polar surface area (TPSA) is 82.8 Å². The highest BCUT2D eigenvalue weighted by Crippen LogP contribution is 2.38. The van der Waals surface area contributed by atoms with Crippen LogP contribution in [0.25, 0.3) is 22.7 Å². The Bertz CT molecular complexity index is 1130. The normalized spacial score (nSPS) is 14.7. The van der Waals surface area contributed by atoms with E-state index in [1.165, 1.54) is 11.1 Å². The lowest BCUT2D eigenvalue weighted by Crippen LogP contribution is -2.44. The first-order valence-electron chi connectivity index (χ1n) is 9.93. The van der Waals surface area contributed by atoms with Crippen LogP contribution in [0.4, 0.5) is 0 Å². The maximum Gasteiger partial charge on any atom is 0.261 e. The molecule has 0 saturated heterocycles. The number of hydrogen-bond acceptors (Lipinski definition) is 5. The Morgan fingerprint density at radius 1 is 1.07 bits per heavy atom. The van der Waals surface area contributed by atoms with Gasteiger partial charge in [-0.3, -0.25) is 4.68 Å². The van der Waals surface area contributed by atoms with Gasteiger partial charge in [0.2, 0.25) is 0 Å². The van der Waals surface area contributed by atoms with Gasteiger partial charge in [0.1, 0.15) is 5.69 Å². The minimum Gasteiger partial charge on any atom is -0.334 e. The van der Waals surface area contributed by atoms with Gasteiger partial charge in [-0.2, -0.15) is 10.1 Å². The van der Waals surface area contributed by atoms with Gasteiger partial charge in [0.15, 0.2) is 5.82 Å². The summed E-state index contributed by atoms with van der Waals surface area (Å²) in [6.45, 7) is 2.74. The zero-order valence-electron chi connectivity index (χ0n) is 16.8. The Hall–Kier alpha value is -2.96. The zero-order valence-corrected chi connectivity index (χ0v) is 17.6. The maximum atomic E-state index is 6.38. The SMILES string of the molecule is Cc1ccc(-c2nn(Cc3ccccc3)cc2-c2nc(C3(N)CCC3)no2)cc1.Cl. The molecule has 2 aromatic carbocycles. The van der Waals surface area contributed by atoms with Crippen molar-refractivity contribution < 1.29 is 4.52 Å². The van der Waals surface area contributed by atoms with Crippen molar-refractivity contribution in [3.8, 4) is 22.7 Å². The van der Waals surface area contributed by atoms with Crippen LogP contribution in [0.15, 0.2) is 65.3 Å². The highest BCUT2D eigenvalue weighted by Gasteiger charge is 2.39. The molecule has 4 aromatic rings. The van der Waals surface area contributed by atoms with Crippen LogP contribution in [0.1, 0.15) is 36.2 Å². The van der Waals surface area contributed by atoms with E-state index in [1.54, 1.807) is 0 Å². The number of nitrogens with two attached hydrogens (primary N) is 1. The molecular weight excluding hydrogens is 398 g/mol. The van der Waals surface area contributed by atoms with E-state index in [0.29, 0.717) is 18.3 Å². The predicted molar refractivity (Wildman–Crippen MR) is 118 cm³/mol. The lowest BCUT2D eigenvalue weighted by atomic mass is 9.77. The van der Waals surface area contributed by atoms with Gasteiger partial charge in [-0.05, 0) is 31.7 Å².